The Morgan fingerprint density at radius 1 is 1.21 bits per heavy atom. The van der Waals surface area contributed by atoms with Crippen molar-refractivity contribution >= 4 is 17.5 Å². The maximum Gasteiger partial charge on any atom is 0.255 e. The van der Waals surface area contributed by atoms with Crippen molar-refractivity contribution in [2.24, 2.45) is 0 Å². The summed E-state index contributed by atoms with van der Waals surface area (Å²) >= 11 is 6.11. The summed E-state index contributed by atoms with van der Waals surface area (Å²) in [7, 11) is 0. The van der Waals surface area contributed by atoms with E-state index in [1.54, 1.807) is 55.1 Å². The van der Waals surface area contributed by atoms with Crippen LogP contribution in [0.1, 0.15) is 38.6 Å². The fourth-order valence-electron chi connectivity index (χ4n) is 2.82. The minimum absolute atomic E-state index is 0.259. The average molecular weight is 391 g/mol. The number of carbonyl (C=O) groups excluding carboxylic acids is 1. The van der Waals surface area contributed by atoms with E-state index in [4.69, 9.17) is 22.1 Å². The van der Waals surface area contributed by atoms with Crippen molar-refractivity contribution in [2.45, 2.75) is 20.4 Å². The zero-order chi connectivity index (χ0) is 20.3. The van der Waals surface area contributed by atoms with Crippen molar-refractivity contribution in [2.75, 3.05) is 0 Å². The van der Waals surface area contributed by atoms with E-state index >= 15 is 0 Å². The van der Waals surface area contributed by atoms with Crippen LogP contribution in [0.2, 0.25) is 5.02 Å². The Labute approximate surface area is 166 Å². The molecule has 2 aromatic heterocycles. The Balaban J connectivity index is 1.82. The molecule has 138 valence electrons. The van der Waals surface area contributed by atoms with Crippen LogP contribution >= 0.6 is 11.6 Å². The molecular weight excluding hydrogens is 376 g/mol. The van der Waals surface area contributed by atoms with Crippen molar-refractivity contribution in [1.82, 2.24) is 20.1 Å². The summed E-state index contributed by atoms with van der Waals surface area (Å²) in [5.74, 6) is -0.259. The molecule has 0 radical (unpaired) electrons. The molecule has 3 rings (SSSR count). The Kier molecular flexibility index (Phi) is 5.39. The number of nitrogens with one attached hydrogen (secondary N) is 1. The van der Waals surface area contributed by atoms with Gasteiger partial charge in [0.15, 0.2) is 0 Å². The number of nitriles is 2. The van der Waals surface area contributed by atoms with Crippen LogP contribution in [0.15, 0.2) is 36.5 Å². The van der Waals surface area contributed by atoms with Crippen molar-refractivity contribution < 1.29 is 4.79 Å². The molecule has 0 saturated carbocycles. The first-order valence-electron chi connectivity index (χ1n) is 8.34. The van der Waals surface area contributed by atoms with Crippen LogP contribution in [0.5, 0.6) is 0 Å². The molecule has 2 heterocycles. The van der Waals surface area contributed by atoms with E-state index in [0.717, 1.165) is 5.56 Å². The Morgan fingerprint density at radius 3 is 2.61 bits per heavy atom. The number of hydrogen-bond acceptors (Lipinski definition) is 5. The highest BCUT2D eigenvalue weighted by molar-refractivity contribution is 6.31. The summed E-state index contributed by atoms with van der Waals surface area (Å²) in [6, 6.07) is 12.3. The number of hydrogen-bond donors (Lipinski definition) is 1. The van der Waals surface area contributed by atoms with Gasteiger partial charge < -0.3 is 5.32 Å². The number of aryl methyl sites for hydroxylation is 1. The number of benzene rings is 1. The van der Waals surface area contributed by atoms with Gasteiger partial charge in [-0.2, -0.15) is 15.6 Å². The third-order valence-corrected chi connectivity index (χ3v) is 4.54. The standard InChI is InChI=1S/C20H15ClN6O/c1-12-19(20(28)25-11-14-3-5-16(9-23)24-10-14)13(2)27(26-12)17-6-4-15(8-22)18(21)7-17/h3-7,10H,11H2,1-2H3,(H,25,28). The number of halogens is 1. The SMILES string of the molecule is Cc1nn(-c2ccc(C#N)c(Cl)c2)c(C)c1C(=O)NCc1ccc(C#N)nc1. The molecule has 1 aromatic carbocycles. The van der Waals surface area contributed by atoms with Gasteiger partial charge in [-0.3, -0.25) is 4.79 Å². The number of rotatable bonds is 4. The molecule has 1 amide bonds. The van der Waals surface area contributed by atoms with Crippen LogP contribution < -0.4 is 5.32 Å². The molecule has 0 aliphatic rings. The topological polar surface area (TPSA) is 107 Å². The average Bonchev–Trinajstić information content (AvgIpc) is 3.00. The molecule has 0 saturated heterocycles. The van der Waals surface area contributed by atoms with Gasteiger partial charge in [-0.15, -0.1) is 0 Å². The normalized spacial score (nSPS) is 10.2. The third-order valence-electron chi connectivity index (χ3n) is 4.23. The molecule has 3 aromatic rings. The largest absolute Gasteiger partial charge is 0.348 e. The lowest BCUT2D eigenvalue weighted by atomic mass is 10.1. The fraction of sp³-hybridized carbons (Fsp3) is 0.150. The quantitative estimate of drug-likeness (QED) is 0.735. The van der Waals surface area contributed by atoms with Gasteiger partial charge in [0.1, 0.15) is 17.8 Å². The van der Waals surface area contributed by atoms with Crippen molar-refractivity contribution in [1.29, 1.82) is 10.5 Å². The predicted molar refractivity (Wildman–Crippen MR) is 103 cm³/mol. The molecule has 0 spiro atoms. The number of nitrogens with zero attached hydrogens (tertiary/aromatic N) is 5. The van der Waals surface area contributed by atoms with Crippen LogP contribution in [0.4, 0.5) is 0 Å². The number of carbonyl (C=O) groups is 1. The zero-order valence-electron chi connectivity index (χ0n) is 15.2. The minimum Gasteiger partial charge on any atom is -0.348 e. The zero-order valence-corrected chi connectivity index (χ0v) is 15.9. The summed E-state index contributed by atoms with van der Waals surface area (Å²) in [5.41, 5.74) is 3.86. The van der Waals surface area contributed by atoms with E-state index in [1.165, 1.54) is 0 Å². The maximum atomic E-state index is 12.7. The highest BCUT2D eigenvalue weighted by Crippen LogP contribution is 2.23. The van der Waals surface area contributed by atoms with Crippen LogP contribution in [0, 0.1) is 36.5 Å². The van der Waals surface area contributed by atoms with E-state index in [0.29, 0.717) is 38.9 Å². The summed E-state index contributed by atoms with van der Waals surface area (Å²) in [4.78, 5) is 16.7. The van der Waals surface area contributed by atoms with Crippen molar-refractivity contribution in [3.63, 3.8) is 0 Å². The molecule has 0 atom stereocenters. The minimum atomic E-state index is -0.259. The monoisotopic (exact) mass is 390 g/mol. The second-order valence-corrected chi connectivity index (χ2v) is 6.49. The molecule has 8 heteroatoms. The molecule has 0 unspecified atom stereocenters. The van der Waals surface area contributed by atoms with Gasteiger partial charge in [-0.25, -0.2) is 9.67 Å². The Morgan fingerprint density at radius 2 is 2.00 bits per heavy atom. The third kappa shape index (κ3) is 3.71. The molecule has 0 aliphatic carbocycles. The second kappa shape index (κ2) is 7.91. The van der Waals surface area contributed by atoms with Crippen LogP contribution in [-0.2, 0) is 6.54 Å². The molecule has 28 heavy (non-hydrogen) atoms. The Bertz CT molecular complexity index is 1140. The fourth-order valence-corrected chi connectivity index (χ4v) is 3.03. The predicted octanol–water partition coefficient (Wildman–Crippen LogP) is 3.21. The first-order chi connectivity index (χ1) is 13.4. The van der Waals surface area contributed by atoms with Gasteiger partial charge >= 0.3 is 0 Å². The van der Waals surface area contributed by atoms with Gasteiger partial charge in [0.2, 0.25) is 0 Å². The lowest BCUT2D eigenvalue weighted by Gasteiger charge is -2.08. The highest BCUT2D eigenvalue weighted by Gasteiger charge is 2.19. The van der Waals surface area contributed by atoms with E-state index in [2.05, 4.69) is 15.4 Å². The number of aromatic nitrogens is 3. The van der Waals surface area contributed by atoms with E-state index < -0.39 is 0 Å². The molecule has 0 aliphatic heterocycles. The summed E-state index contributed by atoms with van der Waals surface area (Å²) in [5, 5.41) is 25.4. The van der Waals surface area contributed by atoms with Crippen molar-refractivity contribution in [3.8, 4) is 17.8 Å². The first kappa shape index (κ1) is 19.1. The molecular formula is C20H15ClN6O. The number of pyridine rings is 1. The number of amides is 1. The van der Waals surface area contributed by atoms with E-state index in [1.807, 2.05) is 12.1 Å². The van der Waals surface area contributed by atoms with Gasteiger partial charge in [0.25, 0.3) is 5.91 Å². The first-order valence-corrected chi connectivity index (χ1v) is 8.72. The van der Waals surface area contributed by atoms with Crippen LogP contribution in [0.3, 0.4) is 0 Å². The summed E-state index contributed by atoms with van der Waals surface area (Å²) in [6.07, 6.45) is 1.56. The highest BCUT2D eigenvalue weighted by atomic mass is 35.5. The smallest absolute Gasteiger partial charge is 0.255 e. The molecule has 1 N–H and O–H groups in total. The molecule has 0 bridgehead atoms. The Hall–Kier alpha value is -3.68. The molecule has 7 nitrogen and oxygen atoms in total. The van der Waals surface area contributed by atoms with E-state index in [-0.39, 0.29) is 12.5 Å². The lowest BCUT2D eigenvalue weighted by Crippen LogP contribution is -2.24. The van der Waals surface area contributed by atoms with Gasteiger partial charge in [0, 0.05) is 12.7 Å². The summed E-state index contributed by atoms with van der Waals surface area (Å²) < 4.78 is 1.63. The van der Waals surface area contributed by atoms with Gasteiger partial charge in [-0.1, -0.05) is 17.7 Å². The second-order valence-electron chi connectivity index (χ2n) is 6.08. The van der Waals surface area contributed by atoms with Gasteiger partial charge in [0.05, 0.1) is 33.2 Å². The summed E-state index contributed by atoms with van der Waals surface area (Å²) in [6.45, 7) is 3.83. The van der Waals surface area contributed by atoms with Crippen LogP contribution in [0.25, 0.3) is 5.69 Å². The van der Waals surface area contributed by atoms with Crippen molar-refractivity contribution in [3.05, 3.63) is 75.3 Å². The van der Waals surface area contributed by atoms with E-state index in [9.17, 15) is 4.79 Å². The maximum absolute atomic E-state index is 12.7. The molecule has 0 fully saturated rings. The van der Waals surface area contributed by atoms with Crippen LogP contribution in [-0.4, -0.2) is 20.7 Å². The van der Waals surface area contributed by atoms with Gasteiger partial charge in [-0.05, 0) is 43.7 Å². The lowest BCUT2D eigenvalue weighted by molar-refractivity contribution is 0.0949.